The Balaban J connectivity index is 1.72. The molecular weight excluding hydrogens is 504 g/mol. The Morgan fingerprint density at radius 1 is 0.846 bits per heavy atom. The van der Waals surface area contributed by atoms with E-state index in [4.69, 9.17) is 13.6 Å². The van der Waals surface area contributed by atoms with Crippen LogP contribution in [0.5, 0.6) is 11.5 Å². The van der Waals surface area contributed by atoms with Crippen LogP contribution in [0, 0.1) is 0 Å². The summed E-state index contributed by atoms with van der Waals surface area (Å²) < 4.78 is 17.0. The molecule has 0 amide bonds. The molecule has 0 saturated heterocycles. The topological polar surface area (TPSA) is 147 Å². The average Bonchev–Trinajstić information content (AvgIpc) is 3.42. The summed E-state index contributed by atoms with van der Waals surface area (Å²) in [5.74, 6) is -2.91. The van der Waals surface area contributed by atoms with Crippen LogP contribution in [-0.2, 0) is 9.53 Å². The lowest BCUT2D eigenvalue weighted by Gasteiger charge is -2.18. The summed E-state index contributed by atoms with van der Waals surface area (Å²) in [6.07, 6.45) is -0.300. The monoisotopic (exact) mass is 526 g/mol. The van der Waals surface area contributed by atoms with E-state index < -0.39 is 34.8 Å². The lowest BCUT2D eigenvalue weighted by molar-refractivity contribution is -0.140. The van der Waals surface area contributed by atoms with E-state index in [1.807, 2.05) is 0 Å². The van der Waals surface area contributed by atoms with Gasteiger partial charge in [-0.3, -0.25) is 9.59 Å². The van der Waals surface area contributed by atoms with E-state index in [1.54, 1.807) is 54.6 Å². The van der Waals surface area contributed by atoms with Crippen molar-refractivity contribution in [3.63, 3.8) is 0 Å². The highest BCUT2D eigenvalue weighted by atomic mass is 16.5. The van der Waals surface area contributed by atoms with Crippen molar-refractivity contribution in [3.05, 3.63) is 106 Å². The summed E-state index contributed by atoms with van der Waals surface area (Å²) in [5.41, 5.74) is 0.524. The minimum atomic E-state index is -1.10. The van der Waals surface area contributed by atoms with Crippen molar-refractivity contribution in [2.24, 2.45) is 0 Å². The maximum atomic E-state index is 13.1. The number of phenolic OH excluding ortho intramolecular Hbond substituents is 2. The van der Waals surface area contributed by atoms with E-state index in [0.29, 0.717) is 16.9 Å². The zero-order chi connectivity index (χ0) is 27.7. The molecule has 2 heterocycles. The number of carboxylic acids is 1. The molecule has 9 nitrogen and oxygen atoms in total. The van der Waals surface area contributed by atoms with Gasteiger partial charge >= 0.3 is 11.9 Å². The number of furan rings is 1. The number of rotatable bonds is 7. The summed E-state index contributed by atoms with van der Waals surface area (Å²) in [4.78, 5) is 37.0. The molecule has 0 aliphatic rings. The van der Waals surface area contributed by atoms with Gasteiger partial charge in [-0.2, -0.15) is 0 Å². The summed E-state index contributed by atoms with van der Waals surface area (Å²) in [7, 11) is 1.22. The number of aromatic hydroxyl groups is 2. The van der Waals surface area contributed by atoms with Crippen LogP contribution < -0.4 is 5.43 Å². The largest absolute Gasteiger partial charge is 0.507 e. The Kier molecular flexibility index (Phi) is 6.64. The molecule has 5 rings (SSSR count). The van der Waals surface area contributed by atoms with Crippen LogP contribution in [0.4, 0.5) is 0 Å². The standard InChI is InChI=1S/C30H22O9/c1-37-26(34)13-19(24-11-10-23(38-24)17-8-5-9-18(12-17)30(35)36)27-20(31)14-21(32)28-22(33)15-25(39-29(27)28)16-6-3-2-4-7-16/h2-12,14-15,19,31-32H,13H2,1H3,(H,35,36)/t19-/m1/s1. The molecule has 5 aromatic rings. The number of carboxylic acid groups (broad SMARTS) is 1. The molecule has 0 saturated carbocycles. The number of esters is 1. The van der Waals surface area contributed by atoms with Crippen LogP contribution in [0.1, 0.15) is 34.0 Å². The molecule has 196 valence electrons. The highest BCUT2D eigenvalue weighted by molar-refractivity contribution is 5.91. The Labute approximate surface area is 221 Å². The molecule has 0 radical (unpaired) electrons. The van der Waals surface area contributed by atoms with Crippen molar-refractivity contribution in [2.75, 3.05) is 7.11 Å². The van der Waals surface area contributed by atoms with Gasteiger partial charge in [-0.15, -0.1) is 0 Å². The zero-order valence-corrected chi connectivity index (χ0v) is 20.6. The third kappa shape index (κ3) is 4.85. The number of carbonyl (C=O) groups excluding carboxylic acids is 1. The summed E-state index contributed by atoms with van der Waals surface area (Å²) in [6.45, 7) is 0. The molecule has 3 aromatic carbocycles. The van der Waals surface area contributed by atoms with Crippen LogP contribution in [0.2, 0.25) is 0 Å². The minimum Gasteiger partial charge on any atom is -0.507 e. The van der Waals surface area contributed by atoms with Crippen LogP contribution in [-0.4, -0.2) is 34.4 Å². The Morgan fingerprint density at radius 3 is 2.31 bits per heavy atom. The number of methoxy groups -OCH3 is 1. The summed E-state index contributed by atoms with van der Waals surface area (Å²) in [6, 6.07) is 20.4. The van der Waals surface area contributed by atoms with Crippen molar-refractivity contribution < 1.29 is 38.5 Å². The maximum absolute atomic E-state index is 13.1. The van der Waals surface area contributed by atoms with Crippen molar-refractivity contribution in [2.45, 2.75) is 12.3 Å². The molecule has 0 aliphatic carbocycles. The van der Waals surface area contributed by atoms with Gasteiger partial charge in [0.2, 0.25) is 0 Å². The number of fused-ring (bicyclic) bond motifs is 1. The molecule has 0 fully saturated rings. The fraction of sp³-hybridized carbons (Fsp3) is 0.100. The van der Waals surface area contributed by atoms with Crippen molar-refractivity contribution in [1.82, 2.24) is 0 Å². The molecule has 3 N–H and O–H groups in total. The van der Waals surface area contributed by atoms with Gasteiger partial charge in [0.05, 0.1) is 25.0 Å². The number of ether oxygens (including phenoxy) is 1. The average molecular weight is 526 g/mol. The Hall–Kier alpha value is -5.31. The zero-order valence-electron chi connectivity index (χ0n) is 20.6. The highest BCUT2D eigenvalue weighted by Gasteiger charge is 2.30. The first kappa shape index (κ1) is 25.3. The number of hydrogen-bond donors (Lipinski definition) is 3. The number of phenols is 2. The third-order valence-electron chi connectivity index (χ3n) is 6.37. The molecule has 0 spiro atoms. The van der Waals surface area contributed by atoms with Gasteiger partial charge in [0.1, 0.15) is 39.7 Å². The smallest absolute Gasteiger partial charge is 0.335 e. The molecule has 1 atom stereocenters. The fourth-order valence-electron chi connectivity index (χ4n) is 4.50. The van der Waals surface area contributed by atoms with Gasteiger partial charge < -0.3 is 28.9 Å². The fourth-order valence-corrected chi connectivity index (χ4v) is 4.50. The van der Waals surface area contributed by atoms with Crippen molar-refractivity contribution >= 4 is 22.9 Å². The van der Waals surface area contributed by atoms with E-state index in [9.17, 15) is 29.7 Å². The Morgan fingerprint density at radius 2 is 1.59 bits per heavy atom. The quantitative estimate of drug-likeness (QED) is 0.233. The first-order chi connectivity index (χ1) is 18.8. The van der Waals surface area contributed by atoms with Gasteiger partial charge in [-0.25, -0.2) is 4.79 Å². The molecule has 0 unspecified atom stereocenters. The van der Waals surface area contributed by atoms with Gasteiger partial charge in [0, 0.05) is 28.8 Å². The predicted octanol–water partition coefficient (Wildman–Crippen LogP) is 5.52. The van der Waals surface area contributed by atoms with E-state index in [0.717, 1.165) is 6.07 Å². The SMILES string of the molecule is COC(=O)C[C@H](c1ccc(-c2cccc(C(=O)O)c2)o1)c1c(O)cc(O)c2c(=O)cc(-c3ccccc3)oc12. The summed E-state index contributed by atoms with van der Waals surface area (Å²) >= 11 is 0. The molecule has 39 heavy (non-hydrogen) atoms. The maximum Gasteiger partial charge on any atom is 0.335 e. The third-order valence-corrected chi connectivity index (χ3v) is 6.37. The highest BCUT2D eigenvalue weighted by Crippen LogP contribution is 2.44. The normalized spacial score (nSPS) is 11.8. The van der Waals surface area contributed by atoms with Gasteiger partial charge in [-0.05, 0) is 24.3 Å². The number of benzene rings is 3. The number of carbonyl (C=O) groups is 2. The first-order valence-corrected chi connectivity index (χ1v) is 11.8. The summed E-state index contributed by atoms with van der Waals surface area (Å²) in [5, 5.41) is 30.7. The second-order valence-corrected chi connectivity index (χ2v) is 8.79. The number of hydrogen-bond acceptors (Lipinski definition) is 8. The molecule has 2 aromatic heterocycles. The van der Waals surface area contributed by atoms with Crippen LogP contribution >= 0.6 is 0 Å². The molecular formula is C30H22O9. The number of aromatic carboxylic acids is 1. The lowest BCUT2D eigenvalue weighted by Crippen LogP contribution is -2.12. The van der Waals surface area contributed by atoms with Crippen LogP contribution in [0.3, 0.4) is 0 Å². The van der Waals surface area contributed by atoms with E-state index in [1.165, 1.54) is 25.3 Å². The van der Waals surface area contributed by atoms with Crippen molar-refractivity contribution in [1.29, 1.82) is 0 Å². The molecule has 0 bridgehead atoms. The first-order valence-electron chi connectivity index (χ1n) is 11.8. The van der Waals surface area contributed by atoms with Gasteiger partial charge in [0.25, 0.3) is 0 Å². The van der Waals surface area contributed by atoms with Crippen LogP contribution in [0.25, 0.3) is 33.6 Å². The second kappa shape index (κ2) is 10.2. The second-order valence-electron chi connectivity index (χ2n) is 8.79. The minimum absolute atomic E-state index is 0.0447. The Bertz CT molecular complexity index is 1760. The molecule has 0 aliphatic heterocycles. The lowest BCUT2D eigenvalue weighted by atomic mass is 9.90. The van der Waals surface area contributed by atoms with E-state index in [2.05, 4.69) is 0 Å². The predicted molar refractivity (Wildman–Crippen MR) is 141 cm³/mol. The van der Waals surface area contributed by atoms with Crippen molar-refractivity contribution in [3.8, 4) is 34.1 Å². The van der Waals surface area contributed by atoms with Gasteiger partial charge in [0.15, 0.2) is 5.43 Å². The van der Waals surface area contributed by atoms with E-state index >= 15 is 0 Å². The van der Waals surface area contributed by atoms with Crippen LogP contribution in [0.15, 0.2) is 92.5 Å². The molecule has 9 heteroatoms. The van der Waals surface area contributed by atoms with Gasteiger partial charge in [-0.1, -0.05) is 42.5 Å². The van der Waals surface area contributed by atoms with E-state index in [-0.39, 0.29) is 40.0 Å².